The summed E-state index contributed by atoms with van der Waals surface area (Å²) in [5.41, 5.74) is 1.66. The predicted octanol–water partition coefficient (Wildman–Crippen LogP) is 3.61. The molecule has 1 atom stereocenters. The zero-order chi connectivity index (χ0) is 16.8. The van der Waals surface area contributed by atoms with Crippen molar-refractivity contribution in [2.75, 3.05) is 5.32 Å². The van der Waals surface area contributed by atoms with Gasteiger partial charge in [0.25, 0.3) is 0 Å². The molecule has 1 aromatic rings. The third-order valence-corrected chi connectivity index (χ3v) is 4.62. The molecule has 0 spiro atoms. The van der Waals surface area contributed by atoms with Crippen LogP contribution in [0.2, 0.25) is 5.02 Å². The molecule has 0 heterocycles. The molecule has 126 valence electrons. The van der Waals surface area contributed by atoms with Gasteiger partial charge < -0.3 is 10.6 Å². The number of halogens is 1. The van der Waals surface area contributed by atoms with E-state index in [-0.39, 0.29) is 11.9 Å². The van der Waals surface area contributed by atoms with Gasteiger partial charge in [0.2, 0.25) is 5.91 Å². The number of amides is 3. The third kappa shape index (κ3) is 5.13. The van der Waals surface area contributed by atoms with E-state index in [1.165, 1.54) is 6.42 Å². The molecule has 1 saturated carbocycles. The summed E-state index contributed by atoms with van der Waals surface area (Å²) in [6.07, 6.45) is 5.45. The molecule has 3 amide bonds. The number of carbonyl (C=O) groups is 2. The van der Waals surface area contributed by atoms with E-state index in [0.29, 0.717) is 5.02 Å². The lowest BCUT2D eigenvalue weighted by molar-refractivity contribution is -0.120. The van der Waals surface area contributed by atoms with Crippen LogP contribution >= 0.6 is 11.6 Å². The first-order valence-electron chi connectivity index (χ1n) is 8.10. The van der Waals surface area contributed by atoms with E-state index in [2.05, 4.69) is 16.0 Å². The van der Waals surface area contributed by atoms with Gasteiger partial charge in [-0.1, -0.05) is 36.9 Å². The molecule has 0 bridgehead atoms. The topological polar surface area (TPSA) is 70.2 Å². The summed E-state index contributed by atoms with van der Waals surface area (Å²) in [5, 5.41) is 8.99. The minimum absolute atomic E-state index is 0.176. The van der Waals surface area contributed by atoms with Gasteiger partial charge in [0.15, 0.2) is 0 Å². The van der Waals surface area contributed by atoms with Crippen LogP contribution in [0.1, 0.15) is 44.6 Å². The van der Waals surface area contributed by atoms with Crippen molar-refractivity contribution in [2.24, 2.45) is 0 Å². The van der Waals surface area contributed by atoms with Crippen molar-refractivity contribution in [3.8, 4) is 0 Å². The highest BCUT2D eigenvalue weighted by molar-refractivity contribution is 6.31. The Hall–Kier alpha value is -1.75. The fraction of sp³-hybridized carbons (Fsp3) is 0.529. The highest BCUT2D eigenvalue weighted by Gasteiger charge is 2.20. The van der Waals surface area contributed by atoms with Crippen LogP contribution in [0.3, 0.4) is 0 Å². The highest BCUT2D eigenvalue weighted by atomic mass is 35.5. The summed E-state index contributed by atoms with van der Waals surface area (Å²) < 4.78 is 0. The lowest BCUT2D eigenvalue weighted by atomic mass is 9.96. The van der Waals surface area contributed by atoms with Crippen molar-refractivity contribution in [1.29, 1.82) is 0 Å². The number of imide groups is 1. The molecule has 1 aromatic carbocycles. The Kier molecular flexibility index (Phi) is 6.28. The standard InChI is InChI=1S/C17H24ClN3O2/c1-11-14(18)9-6-10-15(11)19-12(2)16(22)21-17(23)20-13-7-4-3-5-8-13/h6,9-10,12-13,19H,3-5,7-8H2,1-2H3,(H2,20,21,22,23)/t12-/m0/s1. The number of urea groups is 1. The van der Waals surface area contributed by atoms with Crippen LogP contribution in [0.15, 0.2) is 18.2 Å². The second-order valence-electron chi connectivity index (χ2n) is 6.08. The van der Waals surface area contributed by atoms with Crippen molar-refractivity contribution in [1.82, 2.24) is 10.6 Å². The van der Waals surface area contributed by atoms with Crippen LogP contribution < -0.4 is 16.0 Å². The number of nitrogens with one attached hydrogen (secondary N) is 3. The first-order valence-corrected chi connectivity index (χ1v) is 8.48. The lowest BCUT2D eigenvalue weighted by Crippen LogP contribution is -2.49. The second-order valence-corrected chi connectivity index (χ2v) is 6.48. The van der Waals surface area contributed by atoms with Gasteiger partial charge in [-0.2, -0.15) is 0 Å². The van der Waals surface area contributed by atoms with E-state index in [1.807, 2.05) is 19.1 Å². The molecule has 5 nitrogen and oxygen atoms in total. The van der Waals surface area contributed by atoms with Crippen molar-refractivity contribution in [3.63, 3.8) is 0 Å². The molecule has 1 aliphatic rings. The van der Waals surface area contributed by atoms with Gasteiger partial charge in [0.1, 0.15) is 6.04 Å². The fourth-order valence-corrected chi connectivity index (χ4v) is 2.93. The molecule has 0 unspecified atom stereocenters. The van der Waals surface area contributed by atoms with Crippen LogP contribution in [0.5, 0.6) is 0 Å². The normalized spacial score (nSPS) is 16.5. The quantitative estimate of drug-likeness (QED) is 0.786. The van der Waals surface area contributed by atoms with Gasteiger partial charge in [-0.25, -0.2) is 4.79 Å². The van der Waals surface area contributed by atoms with Crippen LogP contribution in [-0.2, 0) is 4.79 Å². The number of carbonyl (C=O) groups excluding carboxylic acids is 2. The van der Waals surface area contributed by atoms with Crippen LogP contribution in [0.4, 0.5) is 10.5 Å². The maximum absolute atomic E-state index is 12.1. The average Bonchev–Trinajstić information content (AvgIpc) is 2.52. The fourth-order valence-electron chi connectivity index (χ4n) is 2.75. The molecule has 0 saturated heterocycles. The smallest absolute Gasteiger partial charge is 0.321 e. The van der Waals surface area contributed by atoms with Gasteiger partial charge in [0.05, 0.1) is 0 Å². The Bertz CT molecular complexity index is 571. The summed E-state index contributed by atoms with van der Waals surface area (Å²) in [6, 6.07) is 4.69. The number of benzene rings is 1. The van der Waals surface area contributed by atoms with Gasteiger partial charge in [-0.05, 0) is 44.4 Å². The minimum Gasteiger partial charge on any atom is -0.374 e. The Balaban J connectivity index is 1.84. The molecule has 1 fully saturated rings. The lowest BCUT2D eigenvalue weighted by Gasteiger charge is -2.23. The molecule has 1 aliphatic carbocycles. The van der Waals surface area contributed by atoms with E-state index in [9.17, 15) is 9.59 Å². The molecular formula is C17H24ClN3O2. The van der Waals surface area contributed by atoms with Crippen molar-refractivity contribution < 1.29 is 9.59 Å². The molecule has 6 heteroatoms. The number of anilines is 1. The molecule has 0 aromatic heterocycles. The maximum atomic E-state index is 12.1. The predicted molar refractivity (Wildman–Crippen MR) is 92.8 cm³/mol. The highest BCUT2D eigenvalue weighted by Crippen LogP contribution is 2.23. The van der Waals surface area contributed by atoms with E-state index in [0.717, 1.165) is 36.9 Å². The third-order valence-electron chi connectivity index (χ3n) is 4.21. The van der Waals surface area contributed by atoms with E-state index >= 15 is 0 Å². The summed E-state index contributed by atoms with van der Waals surface area (Å²) in [5.74, 6) is -0.363. The van der Waals surface area contributed by atoms with Crippen LogP contribution in [-0.4, -0.2) is 24.0 Å². The Morgan fingerprint density at radius 3 is 2.61 bits per heavy atom. The first-order chi connectivity index (χ1) is 11.0. The Morgan fingerprint density at radius 2 is 1.91 bits per heavy atom. The Morgan fingerprint density at radius 1 is 1.22 bits per heavy atom. The first kappa shape index (κ1) is 17.6. The molecule has 23 heavy (non-hydrogen) atoms. The van der Waals surface area contributed by atoms with Crippen molar-refractivity contribution in [2.45, 2.75) is 58.0 Å². The van der Waals surface area contributed by atoms with E-state index in [4.69, 9.17) is 11.6 Å². The van der Waals surface area contributed by atoms with Crippen LogP contribution in [0, 0.1) is 6.92 Å². The van der Waals surface area contributed by atoms with Gasteiger partial charge in [0, 0.05) is 16.8 Å². The van der Waals surface area contributed by atoms with Gasteiger partial charge >= 0.3 is 6.03 Å². The van der Waals surface area contributed by atoms with Gasteiger partial charge in [-0.3, -0.25) is 10.1 Å². The van der Waals surface area contributed by atoms with Gasteiger partial charge in [-0.15, -0.1) is 0 Å². The second kappa shape index (κ2) is 8.20. The summed E-state index contributed by atoms with van der Waals surface area (Å²) in [4.78, 5) is 24.0. The number of hydrogen-bond acceptors (Lipinski definition) is 3. The summed E-state index contributed by atoms with van der Waals surface area (Å²) >= 11 is 6.06. The van der Waals surface area contributed by atoms with Crippen LogP contribution in [0.25, 0.3) is 0 Å². The molecule has 0 aliphatic heterocycles. The zero-order valence-electron chi connectivity index (χ0n) is 13.6. The molecule has 3 N–H and O–H groups in total. The van der Waals surface area contributed by atoms with E-state index in [1.54, 1.807) is 13.0 Å². The largest absolute Gasteiger partial charge is 0.374 e. The summed E-state index contributed by atoms with van der Waals surface area (Å²) in [6.45, 7) is 3.59. The van der Waals surface area contributed by atoms with E-state index < -0.39 is 12.1 Å². The number of hydrogen-bond donors (Lipinski definition) is 3. The molecule has 2 rings (SSSR count). The zero-order valence-corrected chi connectivity index (χ0v) is 14.4. The minimum atomic E-state index is -0.538. The van der Waals surface area contributed by atoms with Crippen molar-refractivity contribution >= 4 is 29.2 Å². The van der Waals surface area contributed by atoms with Crippen molar-refractivity contribution in [3.05, 3.63) is 28.8 Å². The molecule has 0 radical (unpaired) electrons. The molecular weight excluding hydrogens is 314 g/mol. The SMILES string of the molecule is Cc1c(Cl)cccc1N[C@@H](C)C(=O)NC(=O)NC1CCCCC1. The summed E-state index contributed by atoms with van der Waals surface area (Å²) in [7, 11) is 0. The Labute approximate surface area is 142 Å². The average molecular weight is 338 g/mol. The monoisotopic (exact) mass is 337 g/mol. The maximum Gasteiger partial charge on any atom is 0.321 e. The number of rotatable bonds is 4.